The second-order valence-corrected chi connectivity index (χ2v) is 5.09. The van der Waals surface area contributed by atoms with E-state index in [9.17, 15) is 4.79 Å². The first-order chi connectivity index (χ1) is 8.54. The fourth-order valence-corrected chi connectivity index (χ4v) is 2.12. The molecule has 2 aromatic rings. The van der Waals surface area contributed by atoms with Gasteiger partial charge in [-0.15, -0.1) is 0 Å². The molecule has 3 N–H and O–H groups in total. The topological polar surface area (TPSA) is 55.1 Å². The van der Waals surface area contributed by atoms with Gasteiger partial charge in [-0.05, 0) is 42.5 Å². The van der Waals surface area contributed by atoms with E-state index in [1.54, 1.807) is 42.5 Å². The average Bonchev–Trinajstić information content (AvgIpc) is 2.31. The van der Waals surface area contributed by atoms with Gasteiger partial charge in [-0.2, -0.15) is 0 Å². The number of rotatable bonds is 2. The Morgan fingerprint density at radius 3 is 2.44 bits per heavy atom. The van der Waals surface area contributed by atoms with Gasteiger partial charge in [-0.3, -0.25) is 4.79 Å². The van der Waals surface area contributed by atoms with E-state index >= 15 is 0 Å². The van der Waals surface area contributed by atoms with Gasteiger partial charge in [-0.25, -0.2) is 0 Å². The highest BCUT2D eigenvalue weighted by Crippen LogP contribution is 2.19. The average molecular weight is 326 g/mol. The molecule has 0 unspecified atom stereocenters. The molecule has 18 heavy (non-hydrogen) atoms. The summed E-state index contributed by atoms with van der Waals surface area (Å²) in [6.45, 7) is 0. The van der Waals surface area contributed by atoms with Gasteiger partial charge in [-0.1, -0.05) is 27.5 Å². The Kier molecular flexibility index (Phi) is 3.89. The van der Waals surface area contributed by atoms with Crippen molar-refractivity contribution in [2.24, 2.45) is 0 Å². The van der Waals surface area contributed by atoms with Gasteiger partial charge in [0.1, 0.15) is 0 Å². The number of nitrogens with two attached hydrogens (primary N) is 1. The van der Waals surface area contributed by atoms with Crippen molar-refractivity contribution in [2.75, 3.05) is 11.1 Å². The van der Waals surface area contributed by atoms with Gasteiger partial charge in [0, 0.05) is 26.4 Å². The molecule has 0 aromatic heterocycles. The minimum atomic E-state index is -0.217. The first-order valence-corrected chi connectivity index (χ1v) is 6.35. The third-order valence-electron chi connectivity index (χ3n) is 2.28. The molecule has 0 bridgehead atoms. The summed E-state index contributed by atoms with van der Waals surface area (Å²) >= 11 is 9.07. The van der Waals surface area contributed by atoms with Crippen LogP contribution >= 0.6 is 27.5 Å². The van der Waals surface area contributed by atoms with Crippen LogP contribution in [0.1, 0.15) is 10.4 Å². The van der Waals surface area contributed by atoms with Gasteiger partial charge in [0.15, 0.2) is 0 Å². The molecule has 2 aromatic carbocycles. The van der Waals surface area contributed by atoms with Crippen LogP contribution in [0, 0.1) is 0 Å². The normalized spacial score (nSPS) is 10.1. The van der Waals surface area contributed by atoms with Crippen molar-refractivity contribution in [1.29, 1.82) is 0 Å². The number of nitrogens with one attached hydrogen (secondary N) is 1. The third kappa shape index (κ3) is 3.24. The van der Waals surface area contributed by atoms with Crippen LogP contribution in [-0.4, -0.2) is 5.91 Å². The number of anilines is 2. The summed E-state index contributed by atoms with van der Waals surface area (Å²) in [6.07, 6.45) is 0. The van der Waals surface area contributed by atoms with E-state index in [2.05, 4.69) is 21.2 Å². The monoisotopic (exact) mass is 324 g/mol. The molecule has 0 saturated heterocycles. The van der Waals surface area contributed by atoms with Crippen molar-refractivity contribution >= 4 is 44.8 Å². The molecular formula is C13H10BrClN2O. The van der Waals surface area contributed by atoms with Gasteiger partial charge in [0.2, 0.25) is 0 Å². The summed E-state index contributed by atoms with van der Waals surface area (Å²) in [5.41, 5.74) is 7.40. The van der Waals surface area contributed by atoms with E-state index in [1.807, 2.05) is 0 Å². The number of benzene rings is 2. The number of nitrogen functional groups attached to an aromatic ring is 1. The highest BCUT2D eigenvalue weighted by atomic mass is 79.9. The maximum absolute atomic E-state index is 12.0. The summed E-state index contributed by atoms with van der Waals surface area (Å²) in [5.74, 6) is -0.217. The third-order valence-corrected chi connectivity index (χ3v) is 2.99. The molecule has 92 valence electrons. The van der Waals surface area contributed by atoms with Crippen LogP contribution < -0.4 is 11.1 Å². The number of hydrogen-bond donors (Lipinski definition) is 2. The van der Waals surface area contributed by atoms with Gasteiger partial charge in [0.25, 0.3) is 5.91 Å². The van der Waals surface area contributed by atoms with Crippen molar-refractivity contribution in [3.63, 3.8) is 0 Å². The molecule has 0 atom stereocenters. The molecule has 0 aliphatic carbocycles. The summed E-state index contributed by atoms with van der Waals surface area (Å²) in [5, 5.41) is 3.39. The zero-order valence-corrected chi connectivity index (χ0v) is 11.6. The Hall–Kier alpha value is -1.52. The van der Waals surface area contributed by atoms with Crippen molar-refractivity contribution in [3.05, 3.63) is 57.5 Å². The van der Waals surface area contributed by atoms with Crippen LogP contribution in [0.5, 0.6) is 0 Å². The molecule has 1 amide bonds. The Balaban J connectivity index is 2.19. The molecule has 0 spiro atoms. The fourth-order valence-electron chi connectivity index (χ4n) is 1.48. The van der Waals surface area contributed by atoms with E-state index in [-0.39, 0.29) is 5.91 Å². The molecule has 0 aliphatic rings. The highest BCUT2D eigenvalue weighted by Gasteiger charge is 2.07. The summed E-state index contributed by atoms with van der Waals surface area (Å²) in [6, 6.07) is 12.0. The summed E-state index contributed by atoms with van der Waals surface area (Å²) in [4.78, 5) is 12.0. The lowest BCUT2D eigenvalue weighted by molar-refractivity contribution is 0.102. The first kappa shape index (κ1) is 12.9. The van der Waals surface area contributed by atoms with E-state index in [1.165, 1.54) is 0 Å². The second kappa shape index (κ2) is 5.42. The number of carbonyl (C=O) groups excluding carboxylic acids is 1. The van der Waals surface area contributed by atoms with Crippen molar-refractivity contribution < 1.29 is 4.79 Å². The quantitative estimate of drug-likeness (QED) is 0.822. The maximum atomic E-state index is 12.0. The predicted molar refractivity (Wildman–Crippen MR) is 78.0 cm³/mol. The zero-order chi connectivity index (χ0) is 13.1. The SMILES string of the molecule is Nc1cc(Br)cc(C(=O)Nc2ccc(Cl)cc2)c1. The molecule has 0 aliphatic heterocycles. The van der Waals surface area contributed by atoms with Crippen LogP contribution in [0.3, 0.4) is 0 Å². The smallest absolute Gasteiger partial charge is 0.255 e. The van der Waals surface area contributed by atoms with E-state index in [0.29, 0.717) is 22.0 Å². The molecule has 5 heteroatoms. The predicted octanol–water partition coefficient (Wildman–Crippen LogP) is 3.94. The van der Waals surface area contributed by atoms with Crippen molar-refractivity contribution in [2.45, 2.75) is 0 Å². The van der Waals surface area contributed by atoms with Crippen LogP contribution in [0.15, 0.2) is 46.9 Å². The lowest BCUT2D eigenvalue weighted by Crippen LogP contribution is -2.12. The van der Waals surface area contributed by atoms with Crippen LogP contribution in [0.2, 0.25) is 5.02 Å². The van der Waals surface area contributed by atoms with Crippen LogP contribution in [-0.2, 0) is 0 Å². The second-order valence-electron chi connectivity index (χ2n) is 3.73. The van der Waals surface area contributed by atoms with E-state index in [0.717, 1.165) is 4.47 Å². The Morgan fingerprint density at radius 1 is 1.17 bits per heavy atom. The molecule has 2 rings (SSSR count). The molecule has 0 fully saturated rings. The first-order valence-electron chi connectivity index (χ1n) is 5.17. The Bertz CT molecular complexity index is 564. The minimum absolute atomic E-state index is 0.217. The van der Waals surface area contributed by atoms with E-state index in [4.69, 9.17) is 17.3 Å². The Morgan fingerprint density at radius 2 is 1.83 bits per heavy atom. The Labute approximate surface area is 118 Å². The minimum Gasteiger partial charge on any atom is -0.399 e. The number of hydrogen-bond acceptors (Lipinski definition) is 2. The van der Waals surface area contributed by atoms with Gasteiger partial charge >= 0.3 is 0 Å². The lowest BCUT2D eigenvalue weighted by Gasteiger charge is -2.06. The lowest BCUT2D eigenvalue weighted by atomic mass is 10.2. The number of carbonyl (C=O) groups is 1. The standard InChI is InChI=1S/C13H10BrClN2O/c14-9-5-8(6-11(16)7-9)13(18)17-12-3-1-10(15)2-4-12/h1-7H,16H2,(H,17,18). The van der Waals surface area contributed by atoms with Gasteiger partial charge in [0.05, 0.1) is 0 Å². The van der Waals surface area contributed by atoms with Crippen LogP contribution in [0.25, 0.3) is 0 Å². The molecule has 0 heterocycles. The van der Waals surface area contributed by atoms with E-state index < -0.39 is 0 Å². The highest BCUT2D eigenvalue weighted by molar-refractivity contribution is 9.10. The number of amides is 1. The zero-order valence-electron chi connectivity index (χ0n) is 9.28. The summed E-state index contributed by atoms with van der Waals surface area (Å²) < 4.78 is 0.767. The maximum Gasteiger partial charge on any atom is 0.255 e. The fraction of sp³-hybridized carbons (Fsp3) is 0. The van der Waals surface area contributed by atoms with Crippen molar-refractivity contribution in [1.82, 2.24) is 0 Å². The summed E-state index contributed by atoms with van der Waals surface area (Å²) in [7, 11) is 0. The van der Waals surface area contributed by atoms with Gasteiger partial charge < -0.3 is 11.1 Å². The van der Waals surface area contributed by atoms with Crippen LogP contribution in [0.4, 0.5) is 11.4 Å². The largest absolute Gasteiger partial charge is 0.399 e. The van der Waals surface area contributed by atoms with Crippen molar-refractivity contribution in [3.8, 4) is 0 Å². The molecule has 0 radical (unpaired) electrons. The molecule has 0 saturated carbocycles. The molecule has 3 nitrogen and oxygen atoms in total. The number of halogens is 2. The molecular weight excluding hydrogens is 316 g/mol.